The zero-order valence-corrected chi connectivity index (χ0v) is 67.9. The predicted molar refractivity (Wildman–Crippen MR) is 436 cm³/mol. The van der Waals surface area contributed by atoms with Crippen LogP contribution in [0.15, 0.2) is 134 Å². The van der Waals surface area contributed by atoms with Crippen molar-refractivity contribution in [3.05, 3.63) is 134 Å². The third-order valence-electron chi connectivity index (χ3n) is 17.3. The van der Waals surface area contributed by atoms with E-state index in [1.54, 1.807) is 0 Å². The Labute approximate surface area is 639 Å². The molecular formula is C87H150O16P2. The van der Waals surface area contributed by atoms with E-state index in [1.165, 1.54) is 128 Å². The van der Waals surface area contributed by atoms with Crippen LogP contribution in [-0.2, 0) is 55.8 Å². The van der Waals surface area contributed by atoms with E-state index in [9.17, 15) is 43.5 Å². The molecule has 0 aromatic carbocycles. The van der Waals surface area contributed by atoms with Crippen molar-refractivity contribution in [3.63, 3.8) is 0 Å². The van der Waals surface area contributed by atoms with Crippen LogP contribution in [0.2, 0.25) is 0 Å². The number of phosphoric ester groups is 2. The smallest absolute Gasteiger partial charge is 0.463 e. The summed E-state index contributed by atoms with van der Waals surface area (Å²) < 4.78 is 61.1. The van der Waals surface area contributed by atoms with Gasteiger partial charge >= 0.3 is 33.6 Å². The minimum Gasteiger partial charge on any atom is -0.463 e. The number of esters is 3. The SMILES string of the molecule is CC/C=C\C/C=C\C/C=C\C/C=C\CCCCCCCCC(=O)OCC(COP(=O)(O)OCC(O)COP(=O)(O)OCC(O)COC(=O)CCCCCCCCCCCCCCCCCCCCC/C=C\C/C=C\C/C=C\C/C=C\CCCCC)OC(=O)CCCCCCC/C=C\C/C=C\C/C=C\CC. The number of hydrogen-bond acceptors (Lipinski definition) is 14. The second-order valence-corrected chi connectivity index (χ2v) is 30.4. The van der Waals surface area contributed by atoms with E-state index in [-0.39, 0.29) is 19.3 Å². The highest BCUT2D eigenvalue weighted by molar-refractivity contribution is 7.47. The van der Waals surface area contributed by atoms with E-state index < -0.39 is 91.5 Å². The first-order valence-corrected chi connectivity index (χ1v) is 44.5. The van der Waals surface area contributed by atoms with Crippen LogP contribution in [0.1, 0.15) is 342 Å². The molecule has 16 nitrogen and oxygen atoms in total. The molecule has 0 saturated carbocycles. The molecule has 0 aliphatic rings. The molecular weight excluding hydrogens is 1360 g/mol. The van der Waals surface area contributed by atoms with Crippen molar-refractivity contribution in [3.8, 4) is 0 Å². The van der Waals surface area contributed by atoms with Gasteiger partial charge in [0.25, 0.3) is 0 Å². The largest absolute Gasteiger partial charge is 0.472 e. The summed E-state index contributed by atoms with van der Waals surface area (Å²) in [6.45, 7) is 2.41. The van der Waals surface area contributed by atoms with Crippen LogP contribution >= 0.6 is 15.6 Å². The Morgan fingerprint density at radius 3 is 0.800 bits per heavy atom. The highest BCUT2D eigenvalue weighted by atomic mass is 31.2. The number of unbranched alkanes of at least 4 members (excludes halogenated alkanes) is 33. The Morgan fingerprint density at radius 1 is 0.276 bits per heavy atom. The van der Waals surface area contributed by atoms with E-state index in [4.69, 9.17) is 32.3 Å². The summed E-state index contributed by atoms with van der Waals surface area (Å²) in [7, 11) is -9.80. The molecule has 5 atom stereocenters. The van der Waals surface area contributed by atoms with Crippen LogP contribution < -0.4 is 0 Å². The van der Waals surface area contributed by atoms with E-state index in [2.05, 4.69) is 154 Å². The lowest BCUT2D eigenvalue weighted by molar-refractivity contribution is -0.161. The van der Waals surface area contributed by atoms with Crippen molar-refractivity contribution < 1.29 is 75.8 Å². The zero-order valence-electron chi connectivity index (χ0n) is 66.1. The Hall–Kier alpha value is -4.31. The van der Waals surface area contributed by atoms with Crippen LogP contribution in [0.3, 0.4) is 0 Å². The van der Waals surface area contributed by atoms with Gasteiger partial charge in [0.2, 0.25) is 0 Å². The van der Waals surface area contributed by atoms with Crippen molar-refractivity contribution in [1.82, 2.24) is 0 Å². The normalized spacial score (nSPS) is 14.6. The summed E-state index contributed by atoms with van der Waals surface area (Å²) in [6, 6.07) is 0. The summed E-state index contributed by atoms with van der Waals surface area (Å²) in [6.07, 6.45) is 96.7. The van der Waals surface area contributed by atoms with E-state index in [0.717, 1.165) is 154 Å². The number of phosphoric acid groups is 2. The number of carbonyl (C=O) groups excluding carboxylic acids is 3. The number of aliphatic hydroxyl groups excluding tert-OH is 2. The van der Waals surface area contributed by atoms with Crippen LogP contribution in [0.4, 0.5) is 0 Å². The fourth-order valence-electron chi connectivity index (χ4n) is 11.1. The molecule has 5 unspecified atom stereocenters. The quantitative estimate of drug-likeness (QED) is 0.0146. The molecule has 0 rings (SSSR count). The predicted octanol–water partition coefficient (Wildman–Crippen LogP) is 24.7. The number of aliphatic hydroxyl groups is 2. The molecule has 105 heavy (non-hydrogen) atoms. The van der Waals surface area contributed by atoms with Crippen LogP contribution in [0.25, 0.3) is 0 Å². The van der Waals surface area contributed by atoms with Crippen LogP contribution in [0, 0.1) is 0 Å². The molecule has 0 radical (unpaired) electrons. The average Bonchev–Trinajstić information content (AvgIpc) is 0.913. The average molecular weight is 1510 g/mol. The highest BCUT2D eigenvalue weighted by Gasteiger charge is 2.29. The second kappa shape index (κ2) is 79.2. The third kappa shape index (κ3) is 80.5. The maximum atomic E-state index is 13.0. The Morgan fingerprint density at radius 2 is 0.505 bits per heavy atom. The van der Waals surface area contributed by atoms with Crippen LogP contribution in [-0.4, -0.2) is 95.9 Å². The van der Waals surface area contributed by atoms with Gasteiger partial charge in [0.05, 0.1) is 26.4 Å². The van der Waals surface area contributed by atoms with Crippen molar-refractivity contribution in [2.24, 2.45) is 0 Å². The maximum Gasteiger partial charge on any atom is 0.472 e. The summed E-state index contributed by atoms with van der Waals surface area (Å²) in [5.74, 6) is -1.61. The molecule has 0 aromatic heterocycles. The summed E-state index contributed by atoms with van der Waals surface area (Å²) in [4.78, 5) is 58.7. The minimum absolute atomic E-state index is 0.0792. The first-order valence-electron chi connectivity index (χ1n) is 41.5. The maximum absolute atomic E-state index is 13.0. The minimum atomic E-state index is -4.94. The third-order valence-corrected chi connectivity index (χ3v) is 19.2. The lowest BCUT2D eigenvalue weighted by Crippen LogP contribution is -2.30. The standard InChI is InChI=1S/C87H150O16P2/c1-4-7-10-13-16-19-22-25-28-30-32-33-34-35-36-37-38-39-40-41-42-43-44-45-46-47-49-51-53-55-58-61-64-67-70-73-85(90)97-76-82(88)77-99-104(93,94)100-78-83(89)79-101-105(95,96)102-81-84(103-87(92)75-72-69-66-63-60-57-52-27-24-21-18-15-12-9-6-3)80-98-86(91)74-71-68-65-62-59-56-54-50-48-31-29-26-23-20-17-14-11-8-5-2/h8-9,11-12,16-21,25-29,32-33,35-36,48,50,52,82-84,88-89H,4-7,10,13-15,22-24,30-31,34,37-47,49,51,53-81H2,1-3H3,(H,93,94)(H,95,96)/b11-8-,12-9-,19-16-,20-17-,21-18-,28-25-,29-26-,33-32-,36-35-,50-48-,52-27-. The van der Waals surface area contributed by atoms with Gasteiger partial charge in [-0.3, -0.25) is 32.5 Å². The molecule has 604 valence electrons. The monoisotopic (exact) mass is 1510 g/mol. The highest BCUT2D eigenvalue weighted by Crippen LogP contribution is 2.45. The van der Waals surface area contributed by atoms with E-state index >= 15 is 0 Å². The molecule has 0 amide bonds. The lowest BCUT2D eigenvalue weighted by atomic mass is 10.0. The molecule has 18 heteroatoms. The number of carbonyl (C=O) groups is 3. The number of rotatable bonds is 78. The van der Waals surface area contributed by atoms with Gasteiger partial charge in [-0.25, -0.2) is 9.13 Å². The molecule has 0 aromatic rings. The summed E-state index contributed by atoms with van der Waals surface area (Å²) in [5.41, 5.74) is 0. The Bertz CT molecular complexity index is 2440. The van der Waals surface area contributed by atoms with Gasteiger partial charge in [-0.15, -0.1) is 0 Å². The van der Waals surface area contributed by atoms with Crippen molar-refractivity contribution >= 4 is 33.6 Å². The Balaban J connectivity index is 4.40. The van der Waals surface area contributed by atoms with Crippen molar-refractivity contribution in [1.29, 1.82) is 0 Å². The molecule has 0 spiro atoms. The van der Waals surface area contributed by atoms with Gasteiger partial charge in [0, 0.05) is 19.3 Å². The molecule has 0 heterocycles. The number of allylic oxidation sites excluding steroid dienone is 22. The number of ether oxygens (including phenoxy) is 3. The van der Waals surface area contributed by atoms with Crippen molar-refractivity contribution in [2.75, 3.05) is 39.6 Å². The van der Waals surface area contributed by atoms with Gasteiger partial charge < -0.3 is 34.2 Å². The van der Waals surface area contributed by atoms with Gasteiger partial charge in [-0.1, -0.05) is 321 Å². The van der Waals surface area contributed by atoms with Gasteiger partial charge in [-0.05, 0) is 135 Å². The summed E-state index contributed by atoms with van der Waals surface area (Å²) >= 11 is 0. The molecule has 4 N–H and O–H groups in total. The fourth-order valence-corrected chi connectivity index (χ4v) is 12.7. The molecule has 0 fully saturated rings. The fraction of sp³-hybridized carbons (Fsp3) is 0.713. The lowest BCUT2D eigenvalue weighted by Gasteiger charge is -2.21. The first kappa shape index (κ1) is 101. The van der Waals surface area contributed by atoms with Gasteiger partial charge in [-0.2, -0.15) is 0 Å². The number of hydrogen-bond donors (Lipinski definition) is 4. The molecule has 0 aliphatic carbocycles. The first-order chi connectivity index (χ1) is 51.2. The molecule has 0 saturated heterocycles. The van der Waals surface area contributed by atoms with Gasteiger partial charge in [0.15, 0.2) is 6.10 Å². The topological polar surface area (TPSA) is 231 Å². The molecule has 0 aliphatic heterocycles. The zero-order chi connectivity index (χ0) is 76.6. The summed E-state index contributed by atoms with van der Waals surface area (Å²) in [5, 5.41) is 20.7. The van der Waals surface area contributed by atoms with Crippen molar-refractivity contribution in [2.45, 2.75) is 360 Å². The molecule has 0 bridgehead atoms. The second-order valence-electron chi connectivity index (χ2n) is 27.5. The Kier molecular flexibility index (Phi) is 76.0. The van der Waals surface area contributed by atoms with E-state index in [0.29, 0.717) is 19.3 Å². The van der Waals surface area contributed by atoms with Gasteiger partial charge in [0.1, 0.15) is 25.4 Å². The van der Waals surface area contributed by atoms with E-state index in [1.807, 2.05) is 0 Å². The van der Waals surface area contributed by atoms with Crippen LogP contribution in [0.5, 0.6) is 0 Å².